The first kappa shape index (κ1) is 21.8. The van der Waals surface area contributed by atoms with Gasteiger partial charge < -0.3 is 15.4 Å². The second-order valence-corrected chi connectivity index (χ2v) is 9.33. The average molecular weight is 427 g/mol. The van der Waals surface area contributed by atoms with Crippen LogP contribution < -0.4 is 11.1 Å². The summed E-state index contributed by atoms with van der Waals surface area (Å²) in [7, 11) is 0. The van der Waals surface area contributed by atoms with Crippen molar-refractivity contribution in [3.05, 3.63) is 41.5 Å². The Morgan fingerprint density at radius 2 is 1.81 bits per heavy atom. The third kappa shape index (κ3) is 4.60. The summed E-state index contributed by atoms with van der Waals surface area (Å²) in [5, 5.41) is 20.0. The van der Waals surface area contributed by atoms with E-state index in [0.717, 1.165) is 43.0 Å². The van der Waals surface area contributed by atoms with Crippen LogP contribution in [0.5, 0.6) is 0 Å². The van der Waals surface area contributed by atoms with E-state index >= 15 is 0 Å². The molecule has 8 heteroatoms. The van der Waals surface area contributed by atoms with Crippen molar-refractivity contribution in [2.45, 2.75) is 83.0 Å². The fourth-order valence-electron chi connectivity index (χ4n) is 5.44. The SMILES string of the molecule is Cc1nnc(C(C)C)n1C1CC2CCC(C1)N2CCC(N)c1ccc(NC(=O)O)cc1. The van der Waals surface area contributed by atoms with Crippen LogP contribution in [0.3, 0.4) is 0 Å². The molecule has 3 atom stereocenters. The molecule has 0 radical (unpaired) electrons. The largest absolute Gasteiger partial charge is 0.465 e. The molecule has 2 aliphatic rings. The smallest absolute Gasteiger partial charge is 0.409 e. The number of hydrogen-bond donors (Lipinski definition) is 3. The van der Waals surface area contributed by atoms with Crippen molar-refractivity contribution < 1.29 is 9.90 Å². The number of aryl methyl sites for hydroxylation is 1. The van der Waals surface area contributed by atoms with Crippen LogP contribution in [0.4, 0.5) is 10.5 Å². The molecule has 2 bridgehead atoms. The minimum atomic E-state index is -1.06. The lowest BCUT2D eigenvalue weighted by atomic mass is 9.95. The Hall–Kier alpha value is -2.45. The number of rotatable bonds is 7. The molecule has 2 aromatic rings. The third-order valence-corrected chi connectivity index (χ3v) is 6.92. The van der Waals surface area contributed by atoms with E-state index in [1.54, 1.807) is 12.1 Å². The highest BCUT2D eigenvalue weighted by Gasteiger charge is 2.42. The van der Waals surface area contributed by atoms with Gasteiger partial charge in [0, 0.05) is 42.3 Å². The number of nitrogens with one attached hydrogen (secondary N) is 1. The highest BCUT2D eigenvalue weighted by molar-refractivity contribution is 5.82. The monoisotopic (exact) mass is 426 g/mol. The summed E-state index contributed by atoms with van der Waals surface area (Å²) >= 11 is 0. The zero-order valence-electron chi connectivity index (χ0n) is 18.7. The fraction of sp³-hybridized carbons (Fsp3) is 0.609. The molecule has 1 amide bonds. The van der Waals surface area contributed by atoms with Crippen LogP contribution in [-0.4, -0.2) is 49.5 Å². The lowest BCUT2D eigenvalue weighted by Crippen LogP contribution is -2.44. The van der Waals surface area contributed by atoms with E-state index in [9.17, 15) is 4.79 Å². The second-order valence-electron chi connectivity index (χ2n) is 9.33. The number of nitrogens with zero attached hydrogens (tertiary/aromatic N) is 4. The minimum Gasteiger partial charge on any atom is -0.465 e. The van der Waals surface area contributed by atoms with Crippen LogP contribution in [0.1, 0.15) is 81.2 Å². The second kappa shape index (κ2) is 8.96. The maximum Gasteiger partial charge on any atom is 0.409 e. The van der Waals surface area contributed by atoms with Crippen LogP contribution in [-0.2, 0) is 0 Å². The predicted octanol–water partition coefficient (Wildman–Crippen LogP) is 4.06. The number of fused-ring (bicyclic) bond motifs is 2. The molecule has 3 unspecified atom stereocenters. The number of carboxylic acid groups (broad SMARTS) is 1. The summed E-state index contributed by atoms with van der Waals surface area (Å²) < 4.78 is 2.39. The van der Waals surface area contributed by atoms with Gasteiger partial charge in [0.2, 0.25) is 0 Å². The quantitative estimate of drug-likeness (QED) is 0.616. The molecule has 8 nitrogen and oxygen atoms in total. The van der Waals surface area contributed by atoms with Gasteiger partial charge >= 0.3 is 6.09 Å². The number of amides is 1. The fourth-order valence-corrected chi connectivity index (χ4v) is 5.44. The normalized spacial score (nSPS) is 24.5. The van der Waals surface area contributed by atoms with Crippen molar-refractivity contribution in [1.82, 2.24) is 19.7 Å². The summed E-state index contributed by atoms with van der Waals surface area (Å²) in [6.07, 6.45) is 4.65. The van der Waals surface area contributed by atoms with Gasteiger partial charge in [0.1, 0.15) is 11.6 Å². The van der Waals surface area contributed by atoms with Crippen molar-refractivity contribution in [3.8, 4) is 0 Å². The van der Waals surface area contributed by atoms with Gasteiger partial charge in [-0.05, 0) is 56.7 Å². The van der Waals surface area contributed by atoms with Crippen LogP contribution in [0.15, 0.2) is 24.3 Å². The van der Waals surface area contributed by atoms with Gasteiger partial charge in [-0.15, -0.1) is 10.2 Å². The predicted molar refractivity (Wildman–Crippen MR) is 120 cm³/mol. The Kier molecular flexibility index (Phi) is 6.29. The maximum atomic E-state index is 10.8. The first-order valence-corrected chi connectivity index (χ1v) is 11.4. The molecule has 4 rings (SSSR count). The standard InChI is InChI=1S/C23H34N6O2/c1-14(2)22-27-26-15(3)29(22)20-12-18-8-9-19(13-20)28(18)11-10-21(24)16-4-6-17(7-5-16)25-23(30)31/h4-7,14,18-21,25H,8-13,24H2,1-3H3,(H,30,31). The topological polar surface area (TPSA) is 109 Å². The van der Waals surface area contributed by atoms with Gasteiger partial charge in [0.15, 0.2) is 0 Å². The Labute approximate surface area is 183 Å². The van der Waals surface area contributed by atoms with E-state index in [4.69, 9.17) is 10.8 Å². The minimum absolute atomic E-state index is 0.0522. The Bertz CT molecular complexity index is 895. The molecule has 1 aromatic carbocycles. The first-order chi connectivity index (χ1) is 14.8. The van der Waals surface area contributed by atoms with Crippen molar-refractivity contribution in [2.24, 2.45) is 5.73 Å². The van der Waals surface area contributed by atoms with E-state index in [0.29, 0.717) is 29.7 Å². The van der Waals surface area contributed by atoms with E-state index in [2.05, 4.69) is 45.8 Å². The molecule has 1 aromatic heterocycles. The lowest BCUT2D eigenvalue weighted by Gasteiger charge is -2.40. The zero-order valence-corrected chi connectivity index (χ0v) is 18.7. The molecular weight excluding hydrogens is 392 g/mol. The number of nitrogens with two attached hydrogens (primary N) is 1. The van der Waals surface area contributed by atoms with Crippen LogP contribution in [0.2, 0.25) is 0 Å². The molecule has 168 valence electrons. The highest BCUT2D eigenvalue weighted by Crippen LogP contribution is 2.42. The van der Waals surface area contributed by atoms with Crippen molar-refractivity contribution >= 4 is 11.8 Å². The highest BCUT2D eigenvalue weighted by atomic mass is 16.4. The summed E-state index contributed by atoms with van der Waals surface area (Å²) in [5.74, 6) is 2.52. The summed E-state index contributed by atoms with van der Waals surface area (Å²) in [6, 6.07) is 9.00. The maximum absolute atomic E-state index is 10.8. The van der Waals surface area contributed by atoms with Gasteiger partial charge in [0.05, 0.1) is 0 Å². The van der Waals surface area contributed by atoms with Crippen molar-refractivity contribution in [1.29, 1.82) is 0 Å². The van der Waals surface area contributed by atoms with Gasteiger partial charge in [-0.1, -0.05) is 26.0 Å². The molecule has 4 N–H and O–H groups in total. The molecule has 31 heavy (non-hydrogen) atoms. The third-order valence-electron chi connectivity index (χ3n) is 6.92. The van der Waals surface area contributed by atoms with Crippen LogP contribution in [0, 0.1) is 6.92 Å². The molecule has 0 saturated carbocycles. The van der Waals surface area contributed by atoms with Gasteiger partial charge in [0.25, 0.3) is 0 Å². The average Bonchev–Trinajstić information content (AvgIpc) is 3.22. The zero-order chi connectivity index (χ0) is 22.1. The Balaban J connectivity index is 1.36. The summed E-state index contributed by atoms with van der Waals surface area (Å²) in [4.78, 5) is 13.4. The molecule has 0 aliphatic carbocycles. The lowest BCUT2D eigenvalue weighted by molar-refractivity contribution is 0.101. The number of carbonyl (C=O) groups is 1. The Morgan fingerprint density at radius 3 is 2.39 bits per heavy atom. The van der Waals surface area contributed by atoms with Gasteiger partial charge in [-0.3, -0.25) is 10.2 Å². The number of anilines is 1. The van der Waals surface area contributed by atoms with Crippen LogP contribution in [0.25, 0.3) is 0 Å². The van der Waals surface area contributed by atoms with Crippen molar-refractivity contribution in [2.75, 3.05) is 11.9 Å². The first-order valence-electron chi connectivity index (χ1n) is 11.4. The molecule has 2 fully saturated rings. The molecule has 3 heterocycles. The summed E-state index contributed by atoms with van der Waals surface area (Å²) in [5.41, 5.74) is 8.07. The number of aromatic nitrogens is 3. The van der Waals surface area contributed by atoms with Gasteiger partial charge in [-0.25, -0.2) is 4.79 Å². The summed E-state index contributed by atoms with van der Waals surface area (Å²) in [6.45, 7) is 7.45. The molecular formula is C23H34N6O2. The number of piperidine rings is 1. The molecule has 2 aliphatic heterocycles. The van der Waals surface area contributed by atoms with Crippen molar-refractivity contribution in [3.63, 3.8) is 0 Å². The van der Waals surface area contributed by atoms with Gasteiger partial charge in [-0.2, -0.15) is 0 Å². The number of benzene rings is 1. The Morgan fingerprint density at radius 1 is 1.16 bits per heavy atom. The number of hydrogen-bond acceptors (Lipinski definition) is 5. The molecule has 2 saturated heterocycles. The van der Waals surface area contributed by atoms with E-state index < -0.39 is 6.09 Å². The van der Waals surface area contributed by atoms with E-state index in [1.807, 2.05) is 12.1 Å². The van der Waals surface area contributed by atoms with E-state index in [1.165, 1.54) is 12.8 Å². The molecule has 0 spiro atoms. The van der Waals surface area contributed by atoms with Crippen LogP contribution >= 0.6 is 0 Å². The van der Waals surface area contributed by atoms with E-state index in [-0.39, 0.29) is 6.04 Å².